The lowest BCUT2D eigenvalue weighted by Gasteiger charge is -1.97. The van der Waals surface area contributed by atoms with E-state index >= 15 is 0 Å². The van der Waals surface area contributed by atoms with Gasteiger partial charge in [-0.3, -0.25) is 0 Å². The number of aromatic amines is 1. The lowest BCUT2D eigenvalue weighted by atomic mass is 10.3. The number of pyridine rings is 1. The van der Waals surface area contributed by atoms with Gasteiger partial charge in [0.1, 0.15) is 5.52 Å². The molecule has 1 aromatic carbocycles. The molecule has 0 spiro atoms. The number of ether oxygens (including phenoxy) is 1. The van der Waals surface area contributed by atoms with Crippen LogP contribution >= 0.6 is 0 Å². The van der Waals surface area contributed by atoms with Gasteiger partial charge >= 0.3 is 5.56 Å². The number of hydrogen-bond acceptors (Lipinski definition) is 4. The van der Waals surface area contributed by atoms with Crippen molar-refractivity contribution in [3.63, 3.8) is 0 Å². The third-order valence-corrected chi connectivity index (χ3v) is 3.77. The van der Waals surface area contributed by atoms with Crippen molar-refractivity contribution in [1.82, 2.24) is 19.9 Å². The molecule has 0 saturated heterocycles. The summed E-state index contributed by atoms with van der Waals surface area (Å²) >= 11 is 0. The first-order valence-electron chi connectivity index (χ1n) is 7.11. The Bertz CT molecular complexity index is 1080. The molecule has 7 heteroatoms. The van der Waals surface area contributed by atoms with Crippen molar-refractivity contribution in [2.24, 2.45) is 0 Å². The molecular formula is C16H14N5O2+. The molecule has 0 aliphatic rings. The molecule has 1 N–H and O–H groups in total. The first-order valence-corrected chi connectivity index (χ1v) is 7.11. The predicted molar refractivity (Wildman–Crippen MR) is 83.9 cm³/mol. The highest BCUT2D eigenvalue weighted by Gasteiger charge is 2.22. The van der Waals surface area contributed by atoms with Crippen LogP contribution in [0.4, 0.5) is 0 Å². The highest BCUT2D eigenvalue weighted by Crippen LogP contribution is 2.11. The second kappa shape index (κ2) is 4.91. The Morgan fingerprint density at radius 2 is 2.04 bits per heavy atom. The summed E-state index contributed by atoms with van der Waals surface area (Å²) in [5.41, 5.74) is 3.30. The standard InChI is InChI=1S/C16H13N5O2/c1-10-15-16(22)20(11-7-8-14(23-2)17-9-11)19-21(15)13-6-4-3-5-12(13)18-10/h3-9H,1-2H3/p+1. The van der Waals surface area contributed by atoms with Crippen LogP contribution in [-0.2, 0) is 0 Å². The summed E-state index contributed by atoms with van der Waals surface area (Å²) < 4.78 is 8.25. The van der Waals surface area contributed by atoms with Gasteiger partial charge in [0.2, 0.25) is 5.88 Å². The minimum atomic E-state index is -0.173. The number of rotatable bonds is 2. The van der Waals surface area contributed by atoms with Gasteiger partial charge in [0.15, 0.2) is 11.2 Å². The monoisotopic (exact) mass is 308 g/mol. The number of fused-ring (bicyclic) bond motifs is 3. The SMILES string of the molecule is COc1ccc(-n2[nH][n+]3c(c(C)nc4ccccc43)c2=O)cn1. The number of aromatic nitrogens is 5. The van der Waals surface area contributed by atoms with E-state index in [0.717, 1.165) is 11.0 Å². The van der Waals surface area contributed by atoms with Crippen LogP contribution in [0.2, 0.25) is 0 Å². The van der Waals surface area contributed by atoms with Gasteiger partial charge in [0, 0.05) is 6.07 Å². The summed E-state index contributed by atoms with van der Waals surface area (Å²) in [5, 5.41) is 3.10. The summed E-state index contributed by atoms with van der Waals surface area (Å²) in [6, 6.07) is 11.1. The third-order valence-electron chi connectivity index (χ3n) is 3.77. The van der Waals surface area contributed by atoms with Crippen molar-refractivity contribution in [3.05, 3.63) is 58.6 Å². The van der Waals surface area contributed by atoms with E-state index in [-0.39, 0.29) is 5.56 Å². The molecule has 3 aromatic heterocycles. The maximum absolute atomic E-state index is 12.8. The van der Waals surface area contributed by atoms with Gasteiger partial charge in [-0.25, -0.2) is 14.8 Å². The first-order chi connectivity index (χ1) is 11.2. The summed E-state index contributed by atoms with van der Waals surface area (Å²) in [7, 11) is 1.55. The molecule has 7 nitrogen and oxygen atoms in total. The number of aryl methyl sites for hydroxylation is 1. The maximum atomic E-state index is 12.8. The lowest BCUT2D eigenvalue weighted by Crippen LogP contribution is -2.27. The fourth-order valence-electron chi connectivity index (χ4n) is 2.67. The van der Waals surface area contributed by atoms with E-state index in [1.54, 1.807) is 30.0 Å². The van der Waals surface area contributed by atoms with Crippen molar-refractivity contribution in [1.29, 1.82) is 0 Å². The molecule has 0 unspecified atom stereocenters. The van der Waals surface area contributed by atoms with Crippen LogP contribution in [0, 0.1) is 6.92 Å². The Morgan fingerprint density at radius 3 is 2.78 bits per heavy atom. The van der Waals surface area contributed by atoms with Crippen LogP contribution in [-0.4, -0.2) is 27.0 Å². The Kier molecular flexibility index (Phi) is 2.87. The van der Waals surface area contributed by atoms with Gasteiger partial charge in [-0.1, -0.05) is 22.0 Å². The summed E-state index contributed by atoms with van der Waals surface area (Å²) in [6.45, 7) is 1.83. The van der Waals surface area contributed by atoms with E-state index in [1.165, 1.54) is 4.68 Å². The van der Waals surface area contributed by atoms with Crippen molar-refractivity contribution in [2.45, 2.75) is 6.92 Å². The zero-order valence-electron chi connectivity index (χ0n) is 12.6. The minimum Gasteiger partial charge on any atom is -0.481 e. The second-order valence-corrected chi connectivity index (χ2v) is 5.17. The van der Waals surface area contributed by atoms with Gasteiger partial charge in [-0.2, -0.15) is 0 Å². The number of nitrogens with zero attached hydrogens (tertiary/aromatic N) is 4. The largest absolute Gasteiger partial charge is 0.481 e. The number of methoxy groups -OCH3 is 1. The van der Waals surface area contributed by atoms with Crippen molar-refractivity contribution < 1.29 is 9.25 Å². The highest BCUT2D eigenvalue weighted by molar-refractivity contribution is 5.72. The highest BCUT2D eigenvalue weighted by atomic mass is 16.5. The molecular weight excluding hydrogens is 294 g/mol. The molecule has 0 radical (unpaired) electrons. The Labute approximate surface area is 130 Å². The van der Waals surface area contributed by atoms with Crippen molar-refractivity contribution in [2.75, 3.05) is 7.11 Å². The average molecular weight is 308 g/mol. The normalized spacial score (nSPS) is 11.2. The van der Waals surface area contributed by atoms with E-state index < -0.39 is 0 Å². The number of H-pyrrole nitrogens is 1. The topological polar surface area (TPSA) is 76.9 Å². The van der Waals surface area contributed by atoms with Crippen LogP contribution < -0.4 is 14.8 Å². The molecule has 114 valence electrons. The summed E-state index contributed by atoms with van der Waals surface area (Å²) in [5.74, 6) is 0.494. The van der Waals surface area contributed by atoms with Crippen molar-refractivity contribution >= 4 is 16.6 Å². The molecule has 23 heavy (non-hydrogen) atoms. The number of para-hydroxylation sites is 2. The molecule has 0 fully saturated rings. The maximum Gasteiger partial charge on any atom is 0.408 e. The van der Waals surface area contributed by atoms with Crippen LogP contribution in [0.5, 0.6) is 5.88 Å². The molecule has 0 saturated carbocycles. The Balaban J connectivity index is 2.05. The number of benzene rings is 1. The van der Waals surface area contributed by atoms with E-state index in [0.29, 0.717) is 22.8 Å². The fourth-order valence-corrected chi connectivity index (χ4v) is 2.67. The molecule has 4 rings (SSSR count). The summed E-state index contributed by atoms with van der Waals surface area (Å²) in [4.78, 5) is 21.4. The Morgan fingerprint density at radius 1 is 1.22 bits per heavy atom. The molecule has 0 atom stereocenters. The molecule has 0 aliphatic carbocycles. The van der Waals surface area contributed by atoms with E-state index in [4.69, 9.17) is 4.74 Å². The van der Waals surface area contributed by atoms with E-state index in [1.807, 2.05) is 31.2 Å². The van der Waals surface area contributed by atoms with Gasteiger partial charge in [-0.15, -0.1) is 4.52 Å². The quantitative estimate of drug-likeness (QED) is 0.564. The van der Waals surface area contributed by atoms with Crippen LogP contribution in [0.3, 0.4) is 0 Å². The fraction of sp³-hybridized carbons (Fsp3) is 0.125. The van der Waals surface area contributed by atoms with Gasteiger partial charge < -0.3 is 4.74 Å². The number of hydrogen-bond donors (Lipinski definition) is 1. The molecule has 0 aliphatic heterocycles. The smallest absolute Gasteiger partial charge is 0.408 e. The van der Waals surface area contributed by atoms with Crippen LogP contribution in [0.25, 0.3) is 22.2 Å². The third kappa shape index (κ3) is 1.97. The predicted octanol–water partition coefficient (Wildman–Crippen LogP) is 1.16. The second-order valence-electron chi connectivity index (χ2n) is 5.17. The molecule has 3 heterocycles. The van der Waals surface area contributed by atoms with Gasteiger partial charge in [0.25, 0.3) is 5.52 Å². The van der Waals surface area contributed by atoms with Gasteiger partial charge in [0.05, 0.1) is 19.0 Å². The van der Waals surface area contributed by atoms with E-state index in [2.05, 4.69) is 15.2 Å². The number of nitrogens with one attached hydrogen (secondary N) is 1. The molecule has 0 bridgehead atoms. The van der Waals surface area contributed by atoms with Gasteiger partial charge in [-0.05, 0) is 25.1 Å². The Hall–Kier alpha value is -3.22. The van der Waals surface area contributed by atoms with Crippen molar-refractivity contribution in [3.8, 4) is 11.6 Å². The van der Waals surface area contributed by atoms with E-state index in [9.17, 15) is 4.79 Å². The van der Waals surface area contributed by atoms with Crippen LogP contribution in [0.1, 0.15) is 5.69 Å². The van der Waals surface area contributed by atoms with Crippen LogP contribution in [0.15, 0.2) is 47.4 Å². The molecule has 0 amide bonds. The summed E-state index contributed by atoms with van der Waals surface area (Å²) in [6.07, 6.45) is 1.58. The zero-order valence-corrected chi connectivity index (χ0v) is 12.6. The zero-order chi connectivity index (χ0) is 16.0. The average Bonchev–Trinajstić information content (AvgIpc) is 2.93. The first kappa shape index (κ1) is 13.4. The lowest BCUT2D eigenvalue weighted by molar-refractivity contribution is -0.556. The molecule has 4 aromatic rings. The minimum absolute atomic E-state index is 0.173.